The highest BCUT2D eigenvalue weighted by Gasteiger charge is 2.12. The minimum absolute atomic E-state index is 0.0458. The minimum Gasteiger partial charge on any atom is -0.497 e. The summed E-state index contributed by atoms with van der Waals surface area (Å²) in [5.74, 6) is -0.0362. The van der Waals surface area contributed by atoms with E-state index >= 15 is 0 Å². The zero-order chi connectivity index (χ0) is 17.7. The summed E-state index contributed by atoms with van der Waals surface area (Å²) in [4.78, 5) is 12.3. The van der Waals surface area contributed by atoms with Crippen LogP contribution in [-0.2, 0) is 0 Å². The quantitative estimate of drug-likeness (QED) is 0.807. The smallest absolute Gasteiger partial charge is 0.257 e. The first-order valence-corrected chi connectivity index (χ1v) is 7.52. The topological polar surface area (TPSA) is 59.6 Å². The van der Waals surface area contributed by atoms with E-state index in [9.17, 15) is 9.18 Å². The lowest BCUT2D eigenvalue weighted by Crippen LogP contribution is -2.34. The molecule has 0 fully saturated rings. The van der Waals surface area contributed by atoms with Crippen LogP contribution in [0.1, 0.15) is 10.4 Å². The molecule has 5 nitrogen and oxygen atoms in total. The molecule has 0 bridgehead atoms. The SMILES string of the molecule is COc1cc(OC)cc(C(=O)NC(=S)Nc2ccc(F)c(Cl)c2)c1. The van der Waals surface area contributed by atoms with Crippen molar-refractivity contribution in [3.63, 3.8) is 0 Å². The van der Waals surface area contributed by atoms with Gasteiger partial charge in [0.2, 0.25) is 0 Å². The van der Waals surface area contributed by atoms with Crippen LogP contribution in [0.4, 0.5) is 10.1 Å². The third-order valence-electron chi connectivity index (χ3n) is 3.02. The number of carbonyl (C=O) groups is 1. The minimum atomic E-state index is -0.541. The molecule has 1 amide bonds. The van der Waals surface area contributed by atoms with E-state index < -0.39 is 11.7 Å². The van der Waals surface area contributed by atoms with Gasteiger partial charge >= 0.3 is 0 Å². The molecule has 2 aromatic carbocycles. The Balaban J connectivity index is 2.08. The molecule has 0 aliphatic rings. The first-order valence-electron chi connectivity index (χ1n) is 6.73. The van der Waals surface area contributed by atoms with Gasteiger partial charge in [-0.1, -0.05) is 11.6 Å². The number of carbonyl (C=O) groups excluding carboxylic acids is 1. The second-order valence-electron chi connectivity index (χ2n) is 4.64. The highest BCUT2D eigenvalue weighted by molar-refractivity contribution is 7.80. The number of anilines is 1. The summed E-state index contributed by atoms with van der Waals surface area (Å²) >= 11 is 10.8. The van der Waals surface area contributed by atoms with Crippen LogP contribution in [0.3, 0.4) is 0 Å². The van der Waals surface area contributed by atoms with Crippen molar-refractivity contribution in [2.75, 3.05) is 19.5 Å². The number of benzene rings is 2. The average molecular weight is 369 g/mol. The number of amides is 1. The number of hydrogen-bond donors (Lipinski definition) is 2. The van der Waals surface area contributed by atoms with Gasteiger partial charge in [-0.15, -0.1) is 0 Å². The number of rotatable bonds is 4. The Morgan fingerprint density at radius 1 is 1.12 bits per heavy atom. The van der Waals surface area contributed by atoms with E-state index in [2.05, 4.69) is 10.6 Å². The van der Waals surface area contributed by atoms with Crippen molar-refractivity contribution in [1.82, 2.24) is 5.32 Å². The molecule has 0 aromatic heterocycles. The van der Waals surface area contributed by atoms with Crippen LogP contribution in [0, 0.1) is 5.82 Å². The summed E-state index contributed by atoms with van der Waals surface area (Å²) in [6, 6.07) is 8.76. The maximum absolute atomic E-state index is 13.1. The molecule has 2 rings (SSSR count). The van der Waals surface area contributed by atoms with Gasteiger partial charge in [-0.25, -0.2) is 4.39 Å². The average Bonchev–Trinajstić information content (AvgIpc) is 2.57. The highest BCUT2D eigenvalue weighted by atomic mass is 35.5. The molecule has 0 heterocycles. The number of thiocarbonyl (C=S) groups is 1. The molecule has 8 heteroatoms. The molecule has 0 aliphatic heterocycles. The summed E-state index contributed by atoms with van der Waals surface area (Å²) < 4.78 is 23.4. The van der Waals surface area contributed by atoms with Gasteiger partial charge < -0.3 is 14.8 Å². The van der Waals surface area contributed by atoms with Gasteiger partial charge in [0, 0.05) is 17.3 Å². The predicted octanol–water partition coefficient (Wildman–Crippen LogP) is 3.62. The van der Waals surface area contributed by atoms with Crippen LogP contribution in [0.5, 0.6) is 11.5 Å². The normalized spacial score (nSPS) is 10.0. The van der Waals surface area contributed by atoms with Gasteiger partial charge in [0.25, 0.3) is 5.91 Å². The predicted molar refractivity (Wildman–Crippen MR) is 94.6 cm³/mol. The van der Waals surface area contributed by atoms with Crippen LogP contribution >= 0.6 is 23.8 Å². The molecule has 24 heavy (non-hydrogen) atoms. The molecule has 126 valence electrons. The lowest BCUT2D eigenvalue weighted by Gasteiger charge is -2.11. The lowest BCUT2D eigenvalue weighted by molar-refractivity contribution is 0.0977. The van der Waals surface area contributed by atoms with Crippen LogP contribution in [-0.4, -0.2) is 25.2 Å². The number of ether oxygens (including phenoxy) is 2. The fraction of sp³-hybridized carbons (Fsp3) is 0.125. The molecule has 2 N–H and O–H groups in total. The summed E-state index contributed by atoms with van der Waals surface area (Å²) in [5, 5.41) is 5.26. The molecule has 0 radical (unpaired) electrons. The second kappa shape index (κ2) is 7.94. The Labute approximate surface area is 148 Å². The molecular weight excluding hydrogens is 355 g/mol. The Morgan fingerprint density at radius 3 is 2.29 bits per heavy atom. The van der Waals surface area contributed by atoms with Crippen LogP contribution in [0.15, 0.2) is 36.4 Å². The molecular formula is C16H14ClFN2O3S. The fourth-order valence-electron chi connectivity index (χ4n) is 1.85. The van der Waals surface area contributed by atoms with Crippen LogP contribution < -0.4 is 20.1 Å². The number of nitrogens with one attached hydrogen (secondary N) is 2. The van der Waals surface area contributed by atoms with Gasteiger partial charge in [-0.2, -0.15) is 0 Å². The van der Waals surface area contributed by atoms with Crippen LogP contribution in [0.25, 0.3) is 0 Å². The maximum atomic E-state index is 13.1. The fourth-order valence-corrected chi connectivity index (χ4v) is 2.24. The largest absolute Gasteiger partial charge is 0.497 e. The monoisotopic (exact) mass is 368 g/mol. The lowest BCUT2D eigenvalue weighted by atomic mass is 10.2. The van der Waals surface area contributed by atoms with E-state index in [0.29, 0.717) is 22.7 Å². The Kier molecular flexibility index (Phi) is 5.94. The van der Waals surface area contributed by atoms with Gasteiger partial charge in [0.05, 0.1) is 19.2 Å². The molecule has 2 aromatic rings. The third-order valence-corrected chi connectivity index (χ3v) is 3.51. The number of halogens is 2. The van der Waals surface area contributed by atoms with Crippen LogP contribution in [0.2, 0.25) is 5.02 Å². The van der Waals surface area contributed by atoms with Crippen molar-refractivity contribution in [2.24, 2.45) is 0 Å². The van der Waals surface area contributed by atoms with Crippen molar-refractivity contribution >= 4 is 40.5 Å². The van der Waals surface area contributed by atoms with Gasteiger partial charge in [0.15, 0.2) is 5.11 Å². The zero-order valence-corrected chi connectivity index (χ0v) is 14.4. The summed E-state index contributed by atoms with van der Waals surface area (Å²) in [6.07, 6.45) is 0. The van der Waals surface area contributed by atoms with Crippen molar-refractivity contribution in [3.05, 3.63) is 52.8 Å². The Morgan fingerprint density at radius 2 is 1.75 bits per heavy atom. The van der Waals surface area contributed by atoms with Gasteiger partial charge in [0.1, 0.15) is 17.3 Å². The maximum Gasteiger partial charge on any atom is 0.257 e. The number of methoxy groups -OCH3 is 2. The standard InChI is InChI=1S/C16H14ClFN2O3S/c1-22-11-5-9(6-12(8-11)23-2)15(21)20-16(24)19-10-3-4-14(18)13(17)7-10/h3-8H,1-2H3,(H2,19,20,21,24). The van der Waals surface area contributed by atoms with Crippen molar-refractivity contribution in [3.8, 4) is 11.5 Å². The highest BCUT2D eigenvalue weighted by Crippen LogP contribution is 2.22. The summed E-state index contributed by atoms with van der Waals surface area (Å²) in [5.41, 5.74) is 0.766. The number of hydrogen-bond acceptors (Lipinski definition) is 4. The molecule has 0 spiro atoms. The zero-order valence-electron chi connectivity index (χ0n) is 12.9. The van der Waals surface area contributed by atoms with Crippen molar-refractivity contribution in [2.45, 2.75) is 0 Å². The molecule has 0 saturated heterocycles. The van der Waals surface area contributed by atoms with Crippen molar-refractivity contribution in [1.29, 1.82) is 0 Å². The molecule has 0 atom stereocenters. The summed E-state index contributed by atoms with van der Waals surface area (Å²) in [6.45, 7) is 0. The van der Waals surface area contributed by atoms with E-state index in [1.54, 1.807) is 18.2 Å². The third kappa shape index (κ3) is 4.56. The van der Waals surface area contributed by atoms with Crippen molar-refractivity contribution < 1.29 is 18.7 Å². The molecule has 0 saturated carbocycles. The molecule has 0 aliphatic carbocycles. The van der Waals surface area contributed by atoms with E-state index in [4.69, 9.17) is 33.3 Å². The van der Waals surface area contributed by atoms with E-state index in [1.165, 1.54) is 32.4 Å². The first-order chi connectivity index (χ1) is 11.4. The van der Waals surface area contributed by atoms with E-state index in [1.807, 2.05) is 0 Å². The second-order valence-corrected chi connectivity index (χ2v) is 5.45. The first kappa shape index (κ1) is 18.0. The molecule has 0 unspecified atom stereocenters. The van der Waals surface area contributed by atoms with Gasteiger partial charge in [-0.05, 0) is 42.5 Å². The summed E-state index contributed by atoms with van der Waals surface area (Å²) in [7, 11) is 2.97. The van der Waals surface area contributed by atoms with E-state index in [-0.39, 0.29) is 10.1 Å². The van der Waals surface area contributed by atoms with Gasteiger partial charge in [-0.3, -0.25) is 10.1 Å². The Bertz CT molecular complexity index is 764. The van der Waals surface area contributed by atoms with E-state index in [0.717, 1.165) is 0 Å². The Hall–Kier alpha value is -2.38.